The minimum atomic E-state index is 0.0646. The Morgan fingerprint density at radius 3 is 2.48 bits per heavy atom. The van der Waals surface area contributed by atoms with E-state index in [1.807, 2.05) is 24.3 Å². The van der Waals surface area contributed by atoms with E-state index in [9.17, 15) is 0 Å². The van der Waals surface area contributed by atoms with Crippen LogP contribution in [0.25, 0.3) is 10.9 Å². The van der Waals surface area contributed by atoms with Gasteiger partial charge in [0.2, 0.25) is 0 Å². The van der Waals surface area contributed by atoms with E-state index in [2.05, 4.69) is 47.9 Å². The maximum absolute atomic E-state index is 5.72. The molecule has 3 rings (SSSR count). The van der Waals surface area contributed by atoms with E-state index >= 15 is 0 Å². The van der Waals surface area contributed by atoms with Gasteiger partial charge in [-0.2, -0.15) is 0 Å². The standard InChI is InChI=1S/C18H19N3/c19-21-18(12-10-14-6-2-1-3-7-14)17-13-11-15-8-4-5-9-16(15)20-17/h1-9,11,13,18,21H,10,12,19H2. The van der Waals surface area contributed by atoms with Gasteiger partial charge in [-0.25, -0.2) is 0 Å². The van der Waals surface area contributed by atoms with Crippen molar-refractivity contribution >= 4 is 10.9 Å². The van der Waals surface area contributed by atoms with Gasteiger partial charge in [0.05, 0.1) is 17.3 Å². The van der Waals surface area contributed by atoms with Crippen LogP contribution in [0.15, 0.2) is 66.7 Å². The highest BCUT2D eigenvalue weighted by atomic mass is 15.2. The van der Waals surface area contributed by atoms with Crippen LogP contribution in [0, 0.1) is 0 Å². The van der Waals surface area contributed by atoms with Gasteiger partial charge in [0.1, 0.15) is 0 Å². The molecule has 0 saturated heterocycles. The van der Waals surface area contributed by atoms with Crippen molar-refractivity contribution in [2.45, 2.75) is 18.9 Å². The van der Waals surface area contributed by atoms with E-state index in [1.54, 1.807) is 0 Å². The summed E-state index contributed by atoms with van der Waals surface area (Å²) in [5, 5.41) is 1.15. The molecule has 3 N–H and O–H groups in total. The Morgan fingerprint density at radius 1 is 0.905 bits per heavy atom. The number of fused-ring (bicyclic) bond motifs is 1. The highest BCUT2D eigenvalue weighted by Crippen LogP contribution is 2.20. The first-order valence-electron chi connectivity index (χ1n) is 7.22. The fraction of sp³-hybridized carbons (Fsp3) is 0.167. The van der Waals surface area contributed by atoms with Gasteiger partial charge in [0.15, 0.2) is 0 Å². The van der Waals surface area contributed by atoms with Crippen molar-refractivity contribution in [1.29, 1.82) is 0 Å². The van der Waals surface area contributed by atoms with Crippen molar-refractivity contribution in [3.63, 3.8) is 0 Å². The molecule has 0 bridgehead atoms. The number of nitrogens with two attached hydrogens (primary N) is 1. The molecule has 0 aliphatic heterocycles. The Morgan fingerprint density at radius 2 is 1.67 bits per heavy atom. The molecule has 1 atom stereocenters. The van der Waals surface area contributed by atoms with Gasteiger partial charge in [0, 0.05) is 5.39 Å². The number of aromatic nitrogens is 1. The number of benzene rings is 2. The summed E-state index contributed by atoms with van der Waals surface area (Å²) >= 11 is 0. The van der Waals surface area contributed by atoms with Crippen molar-refractivity contribution in [2.75, 3.05) is 0 Å². The van der Waals surface area contributed by atoms with Crippen molar-refractivity contribution < 1.29 is 0 Å². The van der Waals surface area contributed by atoms with Crippen LogP contribution < -0.4 is 11.3 Å². The summed E-state index contributed by atoms with van der Waals surface area (Å²) in [5.74, 6) is 5.72. The monoisotopic (exact) mass is 277 g/mol. The number of pyridine rings is 1. The van der Waals surface area contributed by atoms with Crippen LogP contribution in [-0.2, 0) is 6.42 Å². The molecule has 3 nitrogen and oxygen atoms in total. The van der Waals surface area contributed by atoms with Gasteiger partial charge in [-0.3, -0.25) is 16.3 Å². The number of hydrogen-bond acceptors (Lipinski definition) is 3. The lowest BCUT2D eigenvalue weighted by Gasteiger charge is -2.16. The van der Waals surface area contributed by atoms with Gasteiger partial charge in [-0.05, 0) is 30.5 Å². The van der Waals surface area contributed by atoms with Crippen molar-refractivity contribution in [1.82, 2.24) is 10.4 Å². The van der Waals surface area contributed by atoms with Gasteiger partial charge in [-0.1, -0.05) is 54.6 Å². The zero-order valence-corrected chi connectivity index (χ0v) is 11.9. The van der Waals surface area contributed by atoms with Crippen LogP contribution in [0.2, 0.25) is 0 Å². The van der Waals surface area contributed by atoms with Gasteiger partial charge >= 0.3 is 0 Å². The number of hydrazine groups is 1. The summed E-state index contributed by atoms with van der Waals surface area (Å²) in [5.41, 5.74) is 6.21. The van der Waals surface area contributed by atoms with Crippen molar-refractivity contribution in [3.8, 4) is 0 Å². The molecule has 3 heteroatoms. The molecule has 0 aliphatic carbocycles. The molecule has 0 radical (unpaired) electrons. The van der Waals surface area contributed by atoms with E-state index < -0.39 is 0 Å². The minimum Gasteiger partial charge on any atom is -0.271 e. The Labute approximate surface area is 124 Å². The second-order valence-electron chi connectivity index (χ2n) is 5.17. The van der Waals surface area contributed by atoms with E-state index in [0.717, 1.165) is 29.4 Å². The highest BCUT2D eigenvalue weighted by molar-refractivity contribution is 5.78. The predicted molar refractivity (Wildman–Crippen MR) is 86.6 cm³/mol. The molecule has 2 aromatic carbocycles. The number of rotatable bonds is 5. The van der Waals surface area contributed by atoms with Gasteiger partial charge < -0.3 is 0 Å². The zero-order chi connectivity index (χ0) is 14.5. The maximum atomic E-state index is 5.72. The summed E-state index contributed by atoms with van der Waals surface area (Å²) < 4.78 is 0. The van der Waals surface area contributed by atoms with E-state index in [1.165, 1.54) is 5.56 Å². The smallest absolute Gasteiger partial charge is 0.0706 e. The molecular formula is C18H19N3. The molecular weight excluding hydrogens is 258 g/mol. The predicted octanol–water partition coefficient (Wildman–Crippen LogP) is 3.37. The quantitative estimate of drug-likeness (QED) is 0.555. The fourth-order valence-electron chi connectivity index (χ4n) is 2.55. The number of nitrogens with zero attached hydrogens (tertiary/aromatic N) is 1. The molecule has 106 valence electrons. The summed E-state index contributed by atoms with van der Waals surface area (Å²) in [6.07, 6.45) is 1.90. The van der Waals surface area contributed by atoms with E-state index in [0.29, 0.717) is 0 Å². The summed E-state index contributed by atoms with van der Waals surface area (Å²) in [6.45, 7) is 0. The third-order valence-electron chi connectivity index (χ3n) is 3.74. The molecule has 1 aromatic heterocycles. The van der Waals surface area contributed by atoms with E-state index in [-0.39, 0.29) is 6.04 Å². The molecule has 0 amide bonds. The molecule has 0 aliphatic rings. The zero-order valence-electron chi connectivity index (χ0n) is 11.9. The normalized spacial score (nSPS) is 12.4. The average Bonchev–Trinajstić information content (AvgIpc) is 2.56. The summed E-state index contributed by atoms with van der Waals surface area (Å²) in [7, 11) is 0. The van der Waals surface area contributed by atoms with E-state index in [4.69, 9.17) is 10.8 Å². The molecule has 0 saturated carbocycles. The minimum absolute atomic E-state index is 0.0646. The second kappa shape index (κ2) is 6.48. The Bertz CT molecular complexity index is 710. The number of aryl methyl sites for hydroxylation is 1. The molecule has 1 heterocycles. The van der Waals surface area contributed by atoms with Crippen LogP contribution in [0.3, 0.4) is 0 Å². The Balaban J connectivity index is 1.78. The van der Waals surface area contributed by atoms with Crippen LogP contribution in [0.4, 0.5) is 0 Å². The van der Waals surface area contributed by atoms with Gasteiger partial charge in [0.25, 0.3) is 0 Å². The molecule has 0 spiro atoms. The van der Waals surface area contributed by atoms with Crippen molar-refractivity contribution in [2.24, 2.45) is 5.84 Å². The lowest BCUT2D eigenvalue weighted by Crippen LogP contribution is -2.29. The fourth-order valence-corrected chi connectivity index (χ4v) is 2.55. The van der Waals surface area contributed by atoms with Gasteiger partial charge in [-0.15, -0.1) is 0 Å². The number of nitrogens with one attached hydrogen (secondary N) is 1. The largest absolute Gasteiger partial charge is 0.271 e. The third kappa shape index (κ3) is 3.27. The lowest BCUT2D eigenvalue weighted by molar-refractivity contribution is 0.506. The summed E-state index contributed by atoms with van der Waals surface area (Å²) in [4.78, 5) is 4.72. The summed E-state index contributed by atoms with van der Waals surface area (Å²) in [6, 6.07) is 22.8. The number of para-hydroxylation sites is 1. The van der Waals surface area contributed by atoms with Crippen molar-refractivity contribution in [3.05, 3.63) is 78.0 Å². The third-order valence-corrected chi connectivity index (χ3v) is 3.74. The first kappa shape index (κ1) is 13.7. The number of hydrogen-bond donors (Lipinski definition) is 2. The van der Waals surface area contributed by atoms with Crippen LogP contribution in [-0.4, -0.2) is 4.98 Å². The first-order valence-corrected chi connectivity index (χ1v) is 7.22. The topological polar surface area (TPSA) is 50.9 Å². The maximum Gasteiger partial charge on any atom is 0.0706 e. The molecule has 1 unspecified atom stereocenters. The first-order chi connectivity index (χ1) is 10.4. The average molecular weight is 277 g/mol. The Hall–Kier alpha value is -2.23. The molecule has 3 aromatic rings. The molecule has 21 heavy (non-hydrogen) atoms. The Kier molecular flexibility index (Phi) is 4.24. The lowest BCUT2D eigenvalue weighted by atomic mass is 10.0. The van der Waals surface area contributed by atoms with Crippen LogP contribution >= 0.6 is 0 Å². The second-order valence-corrected chi connectivity index (χ2v) is 5.17. The highest BCUT2D eigenvalue weighted by Gasteiger charge is 2.11. The molecule has 0 fully saturated rings. The SMILES string of the molecule is NNC(CCc1ccccc1)c1ccc2ccccc2n1. The van der Waals surface area contributed by atoms with Crippen LogP contribution in [0.1, 0.15) is 23.7 Å². The van der Waals surface area contributed by atoms with Crippen LogP contribution in [0.5, 0.6) is 0 Å².